The average molecular weight is 183 g/mol. The van der Waals surface area contributed by atoms with E-state index in [0.717, 1.165) is 12.2 Å². The van der Waals surface area contributed by atoms with E-state index in [-0.39, 0.29) is 0 Å². The van der Waals surface area contributed by atoms with Crippen molar-refractivity contribution in [1.82, 2.24) is 0 Å². The number of halogens is 1. The number of hydrogen-bond acceptors (Lipinski definition) is 2. The van der Waals surface area contributed by atoms with E-state index in [1.54, 1.807) is 5.01 Å². The molecule has 64 valence electrons. The van der Waals surface area contributed by atoms with E-state index in [4.69, 9.17) is 11.6 Å². The summed E-state index contributed by atoms with van der Waals surface area (Å²) in [4.78, 5) is 0. The normalized spacial score (nSPS) is 9.50. The zero-order valence-corrected chi connectivity index (χ0v) is 7.75. The van der Waals surface area contributed by atoms with Crippen molar-refractivity contribution < 1.29 is 0 Å². The summed E-state index contributed by atoms with van der Waals surface area (Å²) < 4.78 is 0. The van der Waals surface area contributed by atoms with E-state index in [1.807, 2.05) is 31.2 Å². The highest BCUT2D eigenvalue weighted by atomic mass is 35.5. The van der Waals surface area contributed by atoms with E-state index < -0.39 is 0 Å². The maximum absolute atomic E-state index is 5.95. The van der Waals surface area contributed by atoms with Gasteiger partial charge in [-0.2, -0.15) is 5.10 Å². The van der Waals surface area contributed by atoms with Gasteiger partial charge < -0.3 is 0 Å². The largest absolute Gasteiger partial charge is 0.265 e. The molecule has 0 bridgehead atoms. The quantitative estimate of drug-likeness (QED) is 0.519. The second-order valence-corrected chi connectivity index (χ2v) is 2.72. The lowest BCUT2D eigenvalue weighted by molar-refractivity contribution is 0.901. The summed E-state index contributed by atoms with van der Waals surface area (Å²) in [5.74, 6) is 0. The summed E-state index contributed by atoms with van der Waals surface area (Å²) in [6.07, 6.45) is 0. The Kier molecular flexibility index (Phi) is 3.11. The van der Waals surface area contributed by atoms with Gasteiger partial charge in [0.15, 0.2) is 0 Å². The Morgan fingerprint density at radius 3 is 2.67 bits per heavy atom. The fraction of sp³-hybridized carbons (Fsp3) is 0.222. The molecule has 0 aromatic heterocycles. The number of nitrogens with zero attached hydrogens (tertiary/aromatic N) is 2. The molecule has 0 radical (unpaired) electrons. The summed E-state index contributed by atoms with van der Waals surface area (Å²) in [6.45, 7) is 6.24. The van der Waals surface area contributed by atoms with Crippen LogP contribution in [0.15, 0.2) is 29.4 Å². The lowest BCUT2D eigenvalue weighted by Crippen LogP contribution is -2.14. The molecule has 1 aromatic carbocycles. The Balaban J connectivity index is 3.00. The molecule has 0 aliphatic carbocycles. The third-order valence-electron chi connectivity index (χ3n) is 1.60. The van der Waals surface area contributed by atoms with Crippen molar-refractivity contribution in [2.75, 3.05) is 11.6 Å². The Labute approximate surface area is 77.5 Å². The standard InChI is InChI=1S/C9H11ClN2/c1-3-12(11-2)9-7-5-4-6-8(9)10/h4-7H,2-3H2,1H3. The summed E-state index contributed by atoms with van der Waals surface area (Å²) in [5.41, 5.74) is 0.900. The first-order valence-electron chi connectivity index (χ1n) is 3.78. The fourth-order valence-corrected chi connectivity index (χ4v) is 1.24. The molecule has 0 amide bonds. The van der Waals surface area contributed by atoms with Crippen LogP contribution in [0.1, 0.15) is 6.92 Å². The molecule has 0 aliphatic heterocycles. The van der Waals surface area contributed by atoms with E-state index in [1.165, 1.54) is 0 Å². The molecule has 0 saturated carbocycles. The molecule has 1 aromatic rings. The predicted molar refractivity (Wildman–Crippen MR) is 54.0 cm³/mol. The predicted octanol–water partition coefficient (Wildman–Crippen LogP) is 2.78. The first-order valence-corrected chi connectivity index (χ1v) is 4.16. The highest BCUT2D eigenvalue weighted by Crippen LogP contribution is 2.24. The number of hydrogen-bond donors (Lipinski definition) is 0. The topological polar surface area (TPSA) is 15.6 Å². The molecule has 3 heteroatoms. The van der Waals surface area contributed by atoms with Crippen molar-refractivity contribution in [2.45, 2.75) is 6.92 Å². The zero-order chi connectivity index (χ0) is 8.97. The van der Waals surface area contributed by atoms with Gasteiger partial charge in [0, 0.05) is 13.3 Å². The first-order chi connectivity index (χ1) is 5.79. The molecular weight excluding hydrogens is 172 g/mol. The third kappa shape index (κ3) is 1.77. The summed E-state index contributed by atoms with van der Waals surface area (Å²) in [7, 11) is 0. The van der Waals surface area contributed by atoms with Crippen LogP contribution < -0.4 is 5.01 Å². The lowest BCUT2D eigenvalue weighted by Gasteiger charge is -2.16. The molecule has 0 unspecified atom stereocenters. The molecule has 0 atom stereocenters. The molecule has 12 heavy (non-hydrogen) atoms. The summed E-state index contributed by atoms with van der Waals surface area (Å²) in [5, 5.41) is 6.29. The second-order valence-electron chi connectivity index (χ2n) is 2.31. The maximum Gasteiger partial charge on any atom is 0.0779 e. The molecule has 0 fully saturated rings. The summed E-state index contributed by atoms with van der Waals surface area (Å²) in [6, 6.07) is 7.57. The second kappa shape index (κ2) is 4.12. The molecule has 0 aliphatic rings. The van der Waals surface area contributed by atoms with Gasteiger partial charge in [0.1, 0.15) is 0 Å². The van der Waals surface area contributed by atoms with Gasteiger partial charge >= 0.3 is 0 Å². The molecule has 2 nitrogen and oxygen atoms in total. The third-order valence-corrected chi connectivity index (χ3v) is 1.92. The van der Waals surface area contributed by atoms with Crippen LogP contribution >= 0.6 is 11.6 Å². The Hall–Kier alpha value is -1.02. The Morgan fingerprint density at radius 1 is 1.50 bits per heavy atom. The van der Waals surface area contributed by atoms with E-state index >= 15 is 0 Å². The van der Waals surface area contributed by atoms with Gasteiger partial charge in [-0.05, 0) is 19.1 Å². The van der Waals surface area contributed by atoms with Crippen LogP contribution in [-0.2, 0) is 0 Å². The van der Waals surface area contributed by atoms with Crippen molar-refractivity contribution in [3.63, 3.8) is 0 Å². The number of anilines is 1. The van der Waals surface area contributed by atoms with Crippen molar-refractivity contribution >= 4 is 24.0 Å². The highest BCUT2D eigenvalue weighted by molar-refractivity contribution is 6.33. The molecule has 1 rings (SSSR count). The molecule has 0 saturated heterocycles. The van der Waals surface area contributed by atoms with Crippen LogP contribution in [0.5, 0.6) is 0 Å². The Morgan fingerprint density at radius 2 is 2.17 bits per heavy atom. The van der Waals surface area contributed by atoms with Crippen molar-refractivity contribution in [2.24, 2.45) is 5.10 Å². The van der Waals surface area contributed by atoms with Crippen LogP contribution in [-0.4, -0.2) is 13.3 Å². The number of para-hydroxylation sites is 1. The van der Waals surface area contributed by atoms with Crippen LogP contribution in [0.25, 0.3) is 0 Å². The first kappa shape index (κ1) is 9.07. The van der Waals surface area contributed by atoms with Gasteiger partial charge in [-0.3, -0.25) is 5.01 Å². The minimum atomic E-state index is 0.701. The number of rotatable bonds is 3. The van der Waals surface area contributed by atoms with Gasteiger partial charge in [0.05, 0.1) is 10.7 Å². The zero-order valence-electron chi connectivity index (χ0n) is 7.00. The van der Waals surface area contributed by atoms with Crippen molar-refractivity contribution in [3.8, 4) is 0 Å². The molecular formula is C9H11ClN2. The SMILES string of the molecule is C=NN(CC)c1ccccc1Cl. The van der Waals surface area contributed by atoms with Gasteiger partial charge in [-0.25, -0.2) is 0 Å². The molecule has 0 N–H and O–H groups in total. The number of benzene rings is 1. The van der Waals surface area contributed by atoms with Crippen LogP contribution in [0, 0.1) is 0 Å². The maximum atomic E-state index is 5.95. The van der Waals surface area contributed by atoms with Gasteiger partial charge in [-0.15, -0.1) is 0 Å². The monoisotopic (exact) mass is 182 g/mol. The minimum absolute atomic E-state index is 0.701. The molecule has 0 spiro atoms. The van der Waals surface area contributed by atoms with E-state index in [9.17, 15) is 0 Å². The smallest absolute Gasteiger partial charge is 0.0779 e. The fourth-order valence-electron chi connectivity index (χ4n) is 1.01. The van der Waals surface area contributed by atoms with Gasteiger partial charge in [-0.1, -0.05) is 23.7 Å². The average Bonchev–Trinajstić information content (AvgIpc) is 2.10. The Bertz CT molecular complexity index is 273. The van der Waals surface area contributed by atoms with Crippen molar-refractivity contribution in [3.05, 3.63) is 29.3 Å². The van der Waals surface area contributed by atoms with Crippen LogP contribution in [0.2, 0.25) is 5.02 Å². The number of hydrazone groups is 1. The van der Waals surface area contributed by atoms with Crippen molar-refractivity contribution in [1.29, 1.82) is 0 Å². The van der Waals surface area contributed by atoms with E-state index in [2.05, 4.69) is 11.8 Å². The lowest BCUT2D eigenvalue weighted by atomic mass is 10.3. The van der Waals surface area contributed by atoms with Crippen LogP contribution in [0.3, 0.4) is 0 Å². The van der Waals surface area contributed by atoms with Crippen LogP contribution in [0.4, 0.5) is 5.69 Å². The highest BCUT2D eigenvalue weighted by Gasteiger charge is 2.04. The van der Waals surface area contributed by atoms with Gasteiger partial charge in [0.25, 0.3) is 0 Å². The molecule has 0 heterocycles. The summed E-state index contributed by atoms with van der Waals surface area (Å²) >= 11 is 5.95. The van der Waals surface area contributed by atoms with Gasteiger partial charge in [0.2, 0.25) is 0 Å². The minimum Gasteiger partial charge on any atom is -0.265 e. The van der Waals surface area contributed by atoms with E-state index in [0.29, 0.717) is 5.02 Å².